The molecule has 0 atom stereocenters. The van der Waals surface area contributed by atoms with Gasteiger partial charge in [0.25, 0.3) is 0 Å². The molecule has 0 unspecified atom stereocenters. The van der Waals surface area contributed by atoms with Crippen LogP contribution >= 0.6 is 24.4 Å². The Morgan fingerprint density at radius 1 is 1.00 bits per heavy atom. The van der Waals surface area contributed by atoms with E-state index >= 15 is 0 Å². The smallest absolute Gasteiger partial charge is 0.0930 e. The van der Waals surface area contributed by atoms with Crippen LogP contribution < -0.4 is 10.9 Å². The molecule has 2 N–H and O–H groups in total. The van der Waals surface area contributed by atoms with Crippen molar-refractivity contribution in [2.75, 3.05) is 0 Å². The minimum atomic E-state index is 0. The molecule has 77 valence electrons. The molecule has 7 heteroatoms. The minimum absolute atomic E-state index is 0. The molecule has 0 aromatic carbocycles. The van der Waals surface area contributed by atoms with E-state index in [1.807, 2.05) is 0 Å². The number of thiocarbonyl (C=S) groups is 2. The number of nitrogens with zero attached hydrogens (tertiary/aromatic N) is 2. The third-order valence-electron chi connectivity index (χ3n) is 0.660. The summed E-state index contributed by atoms with van der Waals surface area (Å²) in [5, 5.41) is 7.44. The Bertz CT molecular complexity index is 203. The maximum atomic E-state index is 4.71. The summed E-state index contributed by atoms with van der Waals surface area (Å²) in [5.41, 5.74) is 5.17. The molecule has 0 amide bonds. The fourth-order valence-corrected chi connectivity index (χ4v) is 0.428. The number of hydrazone groups is 2. The standard InChI is InChI=1S/C6H10N4S2.Cu/c1-5(11)9-7-3-4-8-10-6(2)12;/h3-4H,1-2H3,(H,9,11)(H,10,12);/b7-3+,8-4+;/i;1-2. The molecule has 0 bridgehead atoms. The van der Waals surface area contributed by atoms with Crippen LogP contribution in [-0.4, -0.2) is 22.4 Å². The van der Waals surface area contributed by atoms with E-state index < -0.39 is 0 Å². The Hall–Kier alpha value is -0.361. The summed E-state index contributed by atoms with van der Waals surface area (Å²) in [5.74, 6) is 0. The number of nitrogens with one attached hydrogen (secondary N) is 2. The second kappa shape index (κ2) is 9.73. The molecule has 4 nitrogen and oxygen atoms in total. The van der Waals surface area contributed by atoms with Gasteiger partial charge < -0.3 is 0 Å². The first kappa shape index (κ1) is 15.1. The average molecular weight is 264 g/mol. The van der Waals surface area contributed by atoms with Crippen LogP contribution in [0.1, 0.15) is 13.8 Å². The van der Waals surface area contributed by atoms with Crippen molar-refractivity contribution in [3.63, 3.8) is 0 Å². The van der Waals surface area contributed by atoms with Gasteiger partial charge in [-0.3, -0.25) is 10.9 Å². The summed E-state index contributed by atoms with van der Waals surface area (Å²) in [7, 11) is 0. The van der Waals surface area contributed by atoms with Crippen LogP contribution in [0.5, 0.6) is 0 Å². The van der Waals surface area contributed by atoms with Gasteiger partial charge in [0.2, 0.25) is 0 Å². The maximum absolute atomic E-state index is 4.71. The van der Waals surface area contributed by atoms with Crippen molar-refractivity contribution in [3.8, 4) is 0 Å². The van der Waals surface area contributed by atoms with E-state index in [0.29, 0.717) is 9.98 Å². The largest absolute Gasteiger partial charge is 0.272 e. The Balaban J connectivity index is 0. The van der Waals surface area contributed by atoms with Crippen molar-refractivity contribution in [1.82, 2.24) is 10.9 Å². The molecule has 0 saturated heterocycles. The molecule has 1 radical (unpaired) electrons. The Morgan fingerprint density at radius 2 is 1.31 bits per heavy atom. The van der Waals surface area contributed by atoms with Crippen LogP contribution in [0.3, 0.4) is 0 Å². The average Bonchev–Trinajstić information content (AvgIpc) is 1.95. The summed E-state index contributed by atoms with van der Waals surface area (Å²) >= 11 is 9.42. The topological polar surface area (TPSA) is 48.8 Å². The van der Waals surface area contributed by atoms with Crippen molar-refractivity contribution in [1.29, 1.82) is 0 Å². The predicted molar refractivity (Wildman–Crippen MR) is 59.8 cm³/mol. The first-order valence-corrected chi connectivity index (χ1v) is 4.02. The van der Waals surface area contributed by atoms with Crippen LogP contribution in [0.4, 0.5) is 0 Å². The zero-order chi connectivity index (χ0) is 9.40. The molecule has 0 aromatic heterocycles. The van der Waals surface area contributed by atoms with E-state index in [4.69, 9.17) is 24.4 Å². The SMILES string of the molecule is CC(=S)N/N=C/C=N/NC(C)=S.[62Cu]. The van der Waals surface area contributed by atoms with Gasteiger partial charge in [-0.15, -0.1) is 0 Å². The van der Waals surface area contributed by atoms with Crippen LogP contribution in [0.2, 0.25) is 0 Å². The van der Waals surface area contributed by atoms with Gasteiger partial charge in [0, 0.05) is 17.1 Å². The summed E-state index contributed by atoms with van der Waals surface area (Å²) < 4.78 is 0. The fourth-order valence-electron chi connectivity index (χ4n) is 0.323. The first-order chi connectivity index (χ1) is 5.63. The third kappa shape index (κ3) is 14.5. The van der Waals surface area contributed by atoms with Crippen LogP contribution in [0, 0.1) is 0 Å². The van der Waals surface area contributed by atoms with E-state index in [9.17, 15) is 0 Å². The molecule has 13 heavy (non-hydrogen) atoms. The number of hydrogen-bond donors (Lipinski definition) is 2. The van der Waals surface area contributed by atoms with E-state index in [-0.39, 0.29) is 17.1 Å². The van der Waals surface area contributed by atoms with Crippen molar-refractivity contribution in [3.05, 3.63) is 0 Å². The van der Waals surface area contributed by atoms with E-state index in [1.165, 1.54) is 12.4 Å². The molecule has 0 heterocycles. The van der Waals surface area contributed by atoms with Gasteiger partial charge in [-0.2, -0.15) is 10.2 Å². The minimum Gasteiger partial charge on any atom is -0.272 e. The van der Waals surface area contributed by atoms with Crippen molar-refractivity contribution < 1.29 is 17.1 Å². The van der Waals surface area contributed by atoms with Crippen LogP contribution in [0.15, 0.2) is 10.2 Å². The molecule has 0 rings (SSSR count). The summed E-state index contributed by atoms with van der Waals surface area (Å²) in [6.45, 7) is 3.48. The summed E-state index contributed by atoms with van der Waals surface area (Å²) in [6, 6.07) is 0. The fraction of sp³-hybridized carbons (Fsp3) is 0.333. The van der Waals surface area contributed by atoms with Gasteiger partial charge in [0.15, 0.2) is 0 Å². The molecule has 0 aliphatic carbocycles. The monoisotopic (exact) mass is 264 g/mol. The Labute approximate surface area is 98.7 Å². The molecule has 0 spiro atoms. The molecule has 0 aliphatic rings. The quantitative estimate of drug-likeness (QED) is 0.343. The summed E-state index contributed by atoms with van der Waals surface area (Å²) in [6.07, 6.45) is 2.95. The maximum Gasteiger partial charge on any atom is 0.0930 e. The molecular weight excluding hydrogens is 254 g/mol. The predicted octanol–water partition coefficient (Wildman–Crippen LogP) is 0.829. The van der Waals surface area contributed by atoms with Crippen molar-refractivity contribution >= 4 is 46.8 Å². The van der Waals surface area contributed by atoms with E-state index in [2.05, 4.69) is 21.1 Å². The van der Waals surface area contributed by atoms with Gasteiger partial charge in [-0.25, -0.2) is 0 Å². The van der Waals surface area contributed by atoms with E-state index in [0.717, 1.165) is 0 Å². The molecule has 0 aromatic rings. The van der Waals surface area contributed by atoms with Gasteiger partial charge in [0.1, 0.15) is 0 Å². The van der Waals surface area contributed by atoms with Gasteiger partial charge in [-0.05, 0) is 13.8 Å². The molecular formula is C6H10CuN4S2. The normalized spacial score (nSPS) is 9.69. The van der Waals surface area contributed by atoms with Crippen LogP contribution in [-0.2, 0) is 17.1 Å². The van der Waals surface area contributed by atoms with Gasteiger partial charge >= 0.3 is 0 Å². The molecule has 0 aliphatic heterocycles. The Kier molecular flexibility index (Phi) is 11.3. The second-order valence-corrected chi connectivity index (χ2v) is 3.12. The van der Waals surface area contributed by atoms with Gasteiger partial charge in [0.05, 0.1) is 22.4 Å². The molecule has 0 saturated carbocycles. The van der Waals surface area contributed by atoms with Gasteiger partial charge in [-0.1, -0.05) is 24.4 Å². The third-order valence-corrected chi connectivity index (χ3v) is 0.842. The van der Waals surface area contributed by atoms with Crippen molar-refractivity contribution in [2.45, 2.75) is 13.8 Å². The number of hydrogen-bond acceptors (Lipinski definition) is 4. The van der Waals surface area contributed by atoms with Crippen LogP contribution in [0.25, 0.3) is 0 Å². The molecule has 0 fully saturated rings. The Morgan fingerprint density at radius 3 is 1.54 bits per heavy atom. The zero-order valence-electron chi connectivity index (χ0n) is 7.17. The number of rotatable bonds is 3. The summed E-state index contributed by atoms with van der Waals surface area (Å²) in [4.78, 5) is 1.22. The first-order valence-electron chi connectivity index (χ1n) is 3.21. The van der Waals surface area contributed by atoms with E-state index in [1.54, 1.807) is 13.8 Å². The van der Waals surface area contributed by atoms with Crippen molar-refractivity contribution in [2.24, 2.45) is 10.2 Å². The zero-order valence-corrected chi connectivity index (χ0v) is 9.74. The second-order valence-electron chi connectivity index (χ2n) is 1.89.